The number of fused-ring (bicyclic) bond motifs is 8. The number of ether oxygens (including phenoxy) is 1. The molecule has 52 heavy (non-hydrogen) atoms. The third-order valence-corrected chi connectivity index (χ3v) is 11.3. The molecule has 3 nitrogen and oxygen atoms in total. The Balaban J connectivity index is 1.16. The van der Waals surface area contributed by atoms with Crippen molar-refractivity contribution < 1.29 is 9.15 Å². The lowest BCUT2D eigenvalue weighted by Crippen LogP contribution is -2.17. The number of hydrogen-bond acceptors (Lipinski definition) is 3. The molecule has 1 aromatic heterocycles. The fraction of sp³-hybridized carbons (Fsp3) is 0.0612. The molecule has 8 aromatic carbocycles. The lowest BCUT2D eigenvalue weighted by atomic mass is 9.82. The highest BCUT2D eigenvalue weighted by atomic mass is 16.5. The Morgan fingerprint density at radius 2 is 1.17 bits per heavy atom. The zero-order valence-corrected chi connectivity index (χ0v) is 28.9. The zero-order valence-electron chi connectivity index (χ0n) is 28.9. The Kier molecular flexibility index (Phi) is 6.01. The van der Waals surface area contributed by atoms with E-state index in [1.807, 2.05) is 12.1 Å². The molecule has 0 fully saturated rings. The maximum Gasteiger partial charge on any atom is 0.137 e. The molecule has 11 rings (SSSR count). The SMILES string of the molecule is CC1(C)c2ccccc2-c2ccc(N(c3ccc4c5c(cccc35)-c3ccc(-c5ccccc5)cc3O4)c3cccc4oc5ccccc5c34)cc21. The van der Waals surface area contributed by atoms with Gasteiger partial charge in [-0.2, -0.15) is 0 Å². The van der Waals surface area contributed by atoms with Crippen LogP contribution in [-0.4, -0.2) is 0 Å². The molecule has 0 radical (unpaired) electrons. The number of rotatable bonds is 4. The summed E-state index contributed by atoms with van der Waals surface area (Å²) in [4.78, 5) is 2.43. The minimum absolute atomic E-state index is 0.141. The third kappa shape index (κ3) is 4.08. The summed E-state index contributed by atoms with van der Waals surface area (Å²) < 4.78 is 13.2. The van der Waals surface area contributed by atoms with E-state index in [2.05, 4.69) is 170 Å². The molecule has 2 aliphatic rings. The van der Waals surface area contributed by atoms with Crippen LogP contribution in [-0.2, 0) is 5.41 Å². The predicted octanol–water partition coefficient (Wildman–Crippen LogP) is 14.0. The average Bonchev–Trinajstić information content (AvgIpc) is 3.68. The van der Waals surface area contributed by atoms with Crippen LogP contribution in [0.4, 0.5) is 17.1 Å². The minimum Gasteiger partial charge on any atom is -0.456 e. The van der Waals surface area contributed by atoms with Gasteiger partial charge in [-0.05, 0) is 93.5 Å². The van der Waals surface area contributed by atoms with Gasteiger partial charge in [0.2, 0.25) is 0 Å². The molecular weight excluding hydrogens is 635 g/mol. The van der Waals surface area contributed by atoms with Crippen molar-refractivity contribution in [3.63, 3.8) is 0 Å². The highest BCUT2D eigenvalue weighted by Crippen LogP contribution is 2.54. The van der Waals surface area contributed by atoms with Crippen LogP contribution >= 0.6 is 0 Å². The molecule has 9 aromatic rings. The topological polar surface area (TPSA) is 25.6 Å². The molecule has 0 atom stereocenters. The minimum atomic E-state index is -0.141. The summed E-state index contributed by atoms with van der Waals surface area (Å²) in [5.74, 6) is 1.74. The Labute approximate surface area is 302 Å². The van der Waals surface area contributed by atoms with E-state index in [0.717, 1.165) is 72.4 Å². The van der Waals surface area contributed by atoms with Crippen LogP contribution in [0, 0.1) is 0 Å². The molecule has 0 bridgehead atoms. The molecule has 0 spiro atoms. The highest BCUT2D eigenvalue weighted by Gasteiger charge is 2.36. The van der Waals surface area contributed by atoms with Gasteiger partial charge in [0.1, 0.15) is 22.7 Å². The van der Waals surface area contributed by atoms with Crippen molar-refractivity contribution >= 4 is 49.8 Å². The van der Waals surface area contributed by atoms with E-state index in [1.165, 1.54) is 33.4 Å². The molecule has 0 amide bonds. The Morgan fingerprint density at radius 1 is 0.442 bits per heavy atom. The molecule has 0 saturated carbocycles. The van der Waals surface area contributed by atoms with Gasteiger partial charge < -0.3 is 14.1 Å². The molecule has 246 valence electrons. The summed E-state index contributed by atoms with van der Waals surface area (Å²) >= 11 is 0. The van der Waals surface area contributed by atoms with Crippen LogP contribution in [0.1, 0.15) is 25.0 Å². The zero-order chi connectivity index (χ0) is 34.6. The van der Waals surface area contributed by atoms with Crippen LogP contribution < -0.4 is 9.64 Å². The first-order valence-corrected chi connectivity index (χ1v) is 17.9. The Hall–Kier alpha value is -6.58. The summed E-state index contributed by atoms with van der Waals surface area (Å²) in [5.41, 5.74) is 14.8. The maximum atomic E-state index is 6.76. The average molecular weight is 668 g/mol. The standard InChI is InChI=1S/C49H33NO2/c1-49(2)39-18-8-6-14-33(39)34-25-23-32(29-40(34)49)50(42-19-11-21-44-48(42)38-15-7-9-20-43(38)51-44)41-26-27-45-47-36(16-10-17-37(41)47)35-24-22-31(28-46(35)52-45)30-12-4-3-5-13-30/h3-29H,1-2H3. The fourth-order valence-corrected chi connectivity index (χ4v) is 8.80. The molecule has 0 unspecified atom stereocenters. The monoisotopic (exact) mass is 667 g/mol. The van der Waals surface area contributed by atoms with Crippen molar-refractivity contribution in [1.82, 2.24) is 0 Å². The number of furan rings is 1. The van der Waals surface area contributed by atoms with E-state index in [-0.39, 0.29) is 5.41 Å². The van der Waals surface area contributed by atoms with Gasteiger partial charge in [0, 0.05) is 32.8 Å². The quantitative estimate of drug-likeness (QED) is 0.187. The molecule has 2 heterocycles. The second-order valence-electron chi connectivity index (χ2n) is 14.5. The van der Waals surface area contributed by atoms with Crippen molar-refractivity contribution in [2.45, 2.75) is 19.3 Å². The van der Waals surface area contributed by atoms with E-state index in [0.29, 0.717) is 0 Å². The van der Waals surface area contributed by atoms with Crippen LogP contribution in [0.15, 0.2) is 168 Å². The summed E-state index contributed by atoms with van der Waals surface area (Å²) in [6.45, 7) is 4.69. The second kappa shape index (κ2) is 10.7. The van der Waals surface area contributed by atoms with Gasteiger partial charge in [-0.3, -0.25) is 0 Å². The molecule has 1 aliphatic heterocycles. The first-order valence-electron chi connectivity index (χ1n) is 17.9. The van der Waals surface area contributed by atoms with Crippen LogP contribution in [0.25, 0.3) is 66.1 Å². The summed E-state index contributed by atoms with van der Waals surface area (Å²) in [5, 5.41) is 4.43. The van der Waals surface area contributed by atoms with E-state index in [1.54, 1.807) is 0 Å². The first-order chi connectivity index (χ1) is 25.5. The lowest BCUT2D eigenvalue weighted by Gasteiger charge is -2.31. The van der Waals surface area contributed by atoms with E-state index < -0.39 is 0 Å². The van der Waals surface area contributed by atoms with E-state index >= 15 is 0 Å². The number of anilines is 3. The highest BCUT2D eigenvalue weighted by molar-refractivity contribution is 6.16. The fourth-order valence-electron chi connectivity index (χ4n) is 8.80. The Morgan fingerprint density at radius 3 is 2.10 bits per heavy atom. The van der Waals surface area contributed by atoms with Gasteiger partial charge in [0.25, 0.3) is 0 Å². The van der Waals surface area contributed by atoms with Crippen LogP contribution in [0.5, 0.6) is 11.5 Å². The second-order valence-corrected chi connectivity index (χ2v) is 14.5. The van der Waals surface area contributed by atoms with Gasteiger partial charge >= 0.3 is 0 Å². The van der Waals surface area contributed by atoms with Crippen molar-refractivity contribution in [1.29, 1.82) is 0 Å². The van der Waals surface area contributed by atoms with E-state index in [9.17, 15) is 0 Å². The van der Waals surface area contributed by atoms with Gasteiger partial charge in [-0.1, -0.05) is 123 Å². The third-order valence-electron chi connectivity index (χ3n) is 11.3. The van der Waals surface area contributed by atoms with Crippen molar-refractivity contribution in [3.8, 4) is 44.9 Å². The number of nitrogens with zero attached hydrogens (tertiary/aromatic N) is 1. The molecular formula is C49H33NO2. The predicted molar refractivity (Wildman–Crippen MR) is 214 cm³/mol. The number of benzene rings is 8. The van der Waals surface area contributed by atoms with Crippen molar-refractivity contribution in [2.75, 3.05) is 4.90 Å². The molecule has 3 heteroatoms. The summed E-state index contributed by atoms with van der Waals surface area (Å²) in [7, 11) is 0. The van der Waals surface area contributed by atoms with E-state index in [4.69, 9.17) is 9.15 Å². The number of para-hydroxylation sites is 1. The summed E-state index contributed by atoms with van der Waals surface area (Å²) in [6, 6.07) is 58.7. The van der Waals surface area contributed by atoms with Gasteiger partial charge in [-0.25, -0.2) is 0 Å². The maximum absolute atomic E-state index is 6.76. The number of hydrogen-bond donors (Lipinski definition) is 0. The van der Waals surface area contributed by atoms with Gasteiger partial charge in [0.15, 0.2) is 0 Å². The Bertz CT molecular complexity index is 2920. The molecule has 0 N–H and O–H groups in total. The van der Waals surface area contributed by atoms with Crippen LogP contribution in [0.3, 0.4) is 0 Å². The van der Waals surface area contributed by atoms with Crippen molar-refractivity contribution in [2.24, 2.45) is 0 Å². The molecule has 1 aliphatic carbocycles. The summed E-state index contributed by atoms with van der Waals surface area (Å²) in [6.07, 6.45) is 0. The van der Waals surface area contributed by atoms with Crippen LogP contribution in [0.2, 0.25) is 0 Å². The van der Waals surface area contributed by atoms with Gasteiger partial charge in [0.05, 0.1) is 16.8 Å². The molecule has 0 saturated heterocycles. The normalized spacial score (nSPS) is 13.5. The smallest absolute Gasteiger partial charge is 0.137 e. The van der Waals surface area contributed by atoms with Crippen molar-refractivity contribution in [3.05, 3.63) is 175 Å². The lowest BCUT2D eigenvalue weighted by molar-refractivity contribution is 0.487. The largest absolute Gasteiger partial charge is 0.456 e. The van der Waals surface area contributed by atoms with Gasteiger partial charge in [-0.15, -0.1) is 0 Å². The first kappa shape index (κ1) is 29.2.